The van der Waals surface area contributed by atoms with Crippen LogP contribution in [-0.2, 0) is 7.05 Å². The molecule has 98 valence electrons. The van der Waals surface area contributed by atoms with E-state index in [0.717, 1.165) is 23.5 Å². The Bertz CT molecular complexity index is 523. The van der Waals surface area contributed by atoms with Gasteiger partial charge in [-0.05, 0) is 13.8 Å². The summed E-state index contributed by atoms with van der Waals surface area (Å²) in [6.45, 7) is 8.89. The lowest BCUT2D eigenvalue weighted by molar-refractivity contribution is 0.928. The number of nitrogens with one attached hydrogen (secondary N) is 1. The molecule has 1 N–H and O–H groups in total. The van der Waals surface area contributed by atoms with Crippen molar-refractivity contribution in [2.75, 3.05) is 11.9 Å². The molecule has 18 heavy (non-hydrogen) atoms. The highest BCUT2D eigenvalue weighted by atomic mass is 15.1. The zero-order chi connectivity index (χ0) is 13.5. The predicted octanol–water partition coefficient (Wildman–Crippen LogP) is 2.77. The third-order valence-corrected chi connectivity index (χ3v) is 2.28. The fourth-order valence-electron chi connectivity index (χ4n) is 1.43. The zero-order valence-electron chi connectivity index (χ0n) is 11.7. The standard InChI is InChI=1S/C11H15N5.C2H6/c1-8(2)4-5-12-10-9-11(14-6-13-10)16(3)7-15-9;1-2/h4,6-7H,5H2,1-3H3,(H,12,13,14);1-2H3. The quantitative estimate of drug-likeness (QED) is 0.847. The van der Waals surface area contributed by atoms with Crippen LogP contribution in [0, 0.1) is 0 Å². The maximum Gasteiger partial charge on any atom is 0.165 e. The molecule has 2 aromatic heterocycles. The van der Waals surface area contributed by atoms with Crippen molar-refractivity contribution in [1.29, 1.82) is 0 Å². The minimum Gasteiger partial charge on any atom is -0.365 e. The molecule has 0 bridgehead atoms. The van der Waals surface area contributed by atoms with Gasteiger partial charge in [0.1, 0.15) is 11.8 Å². The van der Waals surface area contributed by atoms with E-state index in [0.29, 0.717) is 0 Å². The molecular weight excluding hydrogens is 226 g/mol. The highest BCUT2D eigenvalue weighted by Gasteiger charge is 2.06. The van der Waals surface area contributed by atoms with Crippen LogP contribution in [0.15, 0.2) is 24.3 Å². The second-order valence-corrected chi connectivity index (χ2v) is 3.91. The number of allylic oxidation sites excluding steroid dienone is 1. The summed E-state index contributed by atoms with van der Waals surface area (Å²) in [6.07, 6.45) is 5.40. The van der Waals surface area contributed by atoms with Crippen LogP contribution in [0.4, 0.5) is 5.82 Å². The van der Waals surface area contributed by atoms with Crippen LogP contribution in [0.1, 0.15) is 27.7 Å². The van der Waals surface area contributed by atoms with Gasteiger partial charge in [-0.15, -0.1) is 0 Å². The number of rotatable bonds is 3. The van der Waals surface area contributed by atoms with Crippen molar-refractivity contribution in [3.8, 4) is 0 Å². The average Bonchev–Trinajstić information content (AvgIpc) is 2.75. The summed E-state index contributed by atoms with van der Waals surface area (Å²) >= 11 is 0. The highest BCUT2D eigenvalue weighted by molar-refractivity contribution is 5.82. The molecule has 0 unspecified atom stereocenters. The van der Waals surface area contributed by atoms with Gasteiger partial charge in [-0.2, -0.15) is 0 Å². The summed E-state index contributed by atoms with van der Waals surface area (Å²) < 4.78 is 1.88. The van der Waals surface area contributed by atoms with Gasteiger partial charge in [0.05, 0.1) is 6.33 Å². The lowest BCUT2D eigenvalue weighted by Gasteiger charge is -2.03. The van der Waals surface area contributed by atoms with Gasteiger partial charge < -0.3 is 9.88 Å². The Morgan fingerprint density at radius 1 is 1.28 bits per heavy atom. The van der Waals surface area contributed by atoms with E-state index in [1.165, 1.54) is 5.57 Å². The van der Waals surface area contributed by atoms with E-state index < -0.39 is 0 Å². The first-order valence-electron chi connectivity index (χ1n) is 6.17. The minimum atomic E-state index is 0.755. The molecule has 0 fully saturated rings. The molecule has 5 nitrogen and oxygen atoms in total. The number of aromatic nitrogens is 4. The molecule has 0 aromatic carbocycles. The average molecular weight is 247 g/mol. The summed E-state index contributed by atoms with van der Waals surface area (Å²) in [6, 6.07) is 0. The molecule has 0 atom stereocenters. The Balaban J connectivity index is 0.000000771. The first-order chi connectivity index (χ1) is 8.68. The molecule has 5 heteroatoms. The Labute approximate surface area is 108 Å². The summed E-state index contributed by atoms with van der Waals surface area (Å²) in [4.78, 5) is 12.6. The molecular formula is C13H21N5. The van der Waals surface area contributed by atoms with Crippen LogP contribution in [0.25, 0.3) is 11.2 Å². The molecule has 0 radical (unpaired) electrons. The third-order valence-electron chi connectivity index (χ3n) is 2.28. The zero-order valence-corrected chi connectivity index (χ0v) is 11.7. The molecule has 2 rings (SSSR count). The first-order valence-corrected chi connectivity index (χ1v) is 6.17. The third kappa shape index (κ3) is 3.29. The summed E-state index contributed by atoms with van der Waals surface area (Å²) in [5, 5.41) is 3.23. The molecule has 0 amide bonds. The predicted molar refractivity (Wildman–Crippen MR) is 75.6 cm³/mol. The van der Waals surface area contributed by atoms with Gasteiger partial charge in [-0.1, -0.05) is 25.5 Å². The van der Waals surface area contributed by atoms with Gasteiger partial charge in [-0.25, -0.2) is 15.0 Å². The number of imidazole rings is 1. The molecule has 0 aliphatic heterocycles. The topological polar surface area (TPSA) is 55.6 Å². The Morgan fingerprint density at radius 3 is 2.67 bits per heavy atom. The number of nitrogens with zero attached hydrogens (tertiary/aromatic N) is 4. The largest absolute Gasteiger partial charge is 0.365 e. The number of hydrogen-bond donors (Lipinski definition) is 1. The van der Waals surface area contributed by atoms with Gasteiger partial charge >= 0.3 is 0 Å². The van der Waals surface area contributed by atoms with Crippen molar-refractivity contribution in [1.82, 2.24) is 19.5 Å². The molecule has 2 heterocycles. The Hall–Kier alpha value is -1.91. The lowest BCUT2D eigenvalue weighted by Crippen LogP contribution is -2.02. The molecule has 0 aliphatic rings. The Morgan fingerprint density at radius 2 is 2.00 bits per heavy atom. The van der Waals surface area contributed by atoms with E-state index in [1.54, 1.807) is 12.7 Å². The number of fused-ring (bicyclic) bond motifs is 1. The summed E-state index contributed by atoms with van der Waals surface area (Å²) in [5.41, 5.74) is 2.93. The fraction of sp³-hybridized carbons (Fsp3) is 0.462. The van der Waals surface area contributed by atoms with Crippen LogP contribution in [0.5, 0.6) is 0 Å². The van der Waals surface area contributed by atoms with Gasteiger partial charge in [-0.3, -0.25) is 0 Å². The minimum absolute atomic E-state index is 0.755. The van der Waals surface area contributed by atoms with Crippen LogP contribution in [0.2, 0.25) is 0 Å². The van der Waals surface area contributed by atoms with E-state index in [1.807, 2.05) is 25.5 Å². The van der Waals surface area contributed by atoms with Crippen LogP contribution in [-0.4, -0.2) is 26.1 Å². The lowest BCUT2D eigenvalue weighted by atomic mass is 10.3. The highest BCUT2D eigenvalue weighted by Crippen LogP contribution is 2.15. The monoisotopic (exact) mass is 247 g/mol. The molecule has 0 saturated carbocycles. The van der Waals surface area contributed by atoms with E-state index in [-0.39, 0.29) is 0 Å². The van der Waals surface area contributed by atoms with E-state index >= 15 is 0 Å². The van der Waals surface area contributed by atoms with E-state index in [4.69, 9.17) is 0 Å². The summed E-state index contributed by atoms with van der Waals surface area (Å²) in [5.74, 6) is 0.781. The van der Waals surface area contributed by atoms with Gasteiger partial charge in [0.15, 0.2) is 11.5 Å². The smallest absolute Gasteiger partial charge is 0.165 e. The van der Waals surface area contributed by atoms with E-state index in [9.17, 15) is 0 Å². The van der Waals surface area contributed by atoms with Crippen LogP contribution >= 0.6 is 0 Å². The maximum atomic E-state index is 4.27. The van der Waals surface area contributed by atoms with Crippen molar-refractivity contribution in [3.63, 3.8) is 0 Å². The number of aryl methyl sites for hydroxylation is 1. The van der Waals surface area contributed by atoms with Crippen molar-refractivity contribution in [2.24, 2.45) is 7.05 Å². The van der Waals surface area contributed by atoms with Gasteiger partial charge in [0.25, 0.3) is 0 Å². The SMILES string of the molecule is CC.CC(C)=CCNc1ncnc2c1ncn2C. The normalized spacial score (nSPS) is 9.61. The molecule has 0 aliphatic carbocycles. The fourth-order valence-corrected chi connectivity index (χ4v) is 1.43. The van der Waals surface area contributed by atoms with Gasteiger partial charge in [0, 0.05) is 13.6 Å². The van der Waals surface area contributed by atoms with Crippen molar-refractivity contribution in [2.45, 2.75) is 27.7 Å². The summed E-state index contributed by atoms with van der Waals surface area (Å²) in [7, 11) is 1.92. The number of anilines is 1. The maximum absolute atomic E-state index is 4.27. The second-order valence-electron chi connectivity index (χ2n) is 3.91. The molecule has 2 aromatic rings. The van der Waals surface area contributed by atoms with E-state index in [2.05, 4.69) is 40.2 Å². The van der Waals surface area contributed by atoms with Crippen molar-refractivity contribution >= 4 is 17.0 Å². The molecule has 0 saturated heterocycles. The second kappa shape index (κ2) is 6.74. The number of hydrogen-bond acceptors (Lipinski definition) is 4. The Kier molecular flexibility index (Phi) is 5.30. The van der Waals surface area contributed by atoms with Crippen molar-refractivity contribution < 1.29 is 0 Å². The molecule has 0 spiro atoms. The first kappa shape index (κ1) is 14.2. The van der Waals surface area contributed by atoms with Crippen molar-refractivity contribution in [3.05, 3.63) is 24.3 Å². The van der Waals surface area contributed by atoms with Gasteiger partial charge in [0.2, 0.25) is 0 Å². The van der Waals surface area contributed by atoms with Crippen LogP contribution < -0.4 is 5.32 Å². The van der Waals surface area contributed by atoms with Crippen LogP contribution in [0.3, 0.4) is 0 Å².